The third-order valence-corrected chi connectivity index (χ3v) is 3.65. The van der Waals surface area contributed by atoms with Gasteiger partial charge >= 0.3 is 0 Å². The van der Waals surface area contributed by atoms with Gasteiger partial charge in [-0.05, 0) is 44.0 Å². The number of hydrogen-bond acceptors (Lipinski definition) is 3. The van der Waals surface area contributed by atoms with Crippen LogP contribution in [0.5, 0.6) is 11.5 Å². The van der Waals surface area contributed by atoms with E-state index in [1.165, 1.54) is 11.1 Å². The van der Waals surface area contributed by atoms with Crippen LogP contribution in [-0.4, -0.2) is 19.8 Å². The van der Waals surface area contributed by atoms with Crippen molar-refractivity contribution in [2.75, 3.05) is 25.1 Å². The van der Waals surface area contributed by atoms with E-state index in [0.29, 0.717) is 6.61 Å². The summed E-state index contributed by atoms with van der Waals surface area (Å²) in [5.41, 5.74) is 3.45. The monoisotopic (exact) mass is 313 g/mol. The lowest BCUT2D eigenvalue weighted by atomic mass is 10.1. The van der Waals surface area contributed by atoms with Crippen LogP contribution in [0.4, 0.5) is 5.69 Å². The van der Waals surface area contributed by atoms with E-state index in [-0.39, 0.29) is 0 Å². The Morgan fingerprint density at radius 1 is 0.913 bits per heavy atom. The van der Waals surface area contributed by atoms with Crippen molar-refractivity contribution in [2.24, 2.45) is 0 Å². The zero-order chi connectivity index (χ0) is 16.5. The minimum atomic E-state index is 0.618. The molecule has 0 spiro atoms. The van der Waals surface area contributed by atoms with Crippen LogP contribution in [-0.2, 0) is 0 Å². The SMILES string of the molecule is CCCCOc1ccccc1NCCOc1ccc(C)cc1C. The molecule has 0 atom stereocenters. The van der Waals surface area contributed by atoms with Crippen LogP contribution in [0.2, 0.25) is 0 Å². The van der Waals surface area contributed by atoms with E-state index in [2.05, 4.69) is 38.2 Å². The highest BCUT2D eigenvalue weighted by Gasteiger charge is 2.03. The molecule has 0 aliphatic heterocycles. The topological polar surface area (TPSA) is 30.5 Å². The first-order valence-corrected chi connectivity index (χ1v) is 8.36. The summed E-state index contributed by atoms with van der Waals surface area (Å²) in [5.74, 6) is 1.86. The number of hydrogen-bond donors (Lipinski definition) is 1. The second kappa shape index (κ2) is 9.09. The van der Waals surface area contributed by atoms with Crippen LogP contribution in [0.15, 0.2) is 42.5 Å². The van der Waals surface area contributed by atoms with Gasteiger partial charge in [-0.15, -0.1) is 0 Å². The number of anilines is 1. The molecule has 2 aromatic rings. The van der Waals surface area contributed by atoms with Crippen molar-refractivity contribution in [3.63, 3.8) is 0 Å². The standard InChI is InChI=1S/C20H27NO2/c1-4-5-13-22-20-9-7-6-8-18(20)21-12-14-23-19-11-10-16(2)15-17(19)3/h6-11,15,21H,4-5,12-14H2,1-3H3. The summed E-state index contributed by atoms with van der Waals surface area (Å²) < 4.78 is 11.7. The number of unbranched alkanes of at least 4 members (excludes halogenated alkanes) is 1. The van der Waals surface area contributed by atoms with E-state index in [1.54, 1.807) is 0 Å². The van der Waals surface area contributed by atoms with Gasteiger partial charge in [0, 0.05) is 6.54 Å². The van der Waals surface area contributed by atoms with Gasteiger partial charge in [0.1, 0.15) is 18.1 Å². The molecule has 1 N–H and O–H groups in total. The molecule has 0 aromatic heterocycles. The molecule has 3 nitrogen and oxygen atoms in total. The van der Waals surface area contributed by atoms with Crippen molar-refractivity contribution in [2.45, 2.75) is 33.6 Å². The largest absolute Gasteiger partial charge is 0.491 e. The Labute approximate surface area is 139 Å². The van der Waals surface area contributed by atoms with Crippen LogP contribution in [0.3, 0.4) is 0 Å². The van der Waals surface area contributed by atoms with E-state index in [4.69, 9.17) is 9.47 Å². The lowest BCUT2D eigenvalue weighted by Crippen LogP contribution is -2.13. The van der Waals surface area contributed by atoms with Crippen molar-refractivity contribution in [1.82, 2.24) is 0 Å². The fraction of sp³-hybridized carbons (Fsp3) is 0.400. The summed E-state index contributed by atoms with van der Waals surface area (Å²) in [4.78, 5) is 0. The fourth-order valence-electron chi connectivity index (χ4n) is 2.37. The average molecular weight is 313 g/mol. The summed E-state index contributed by atoms with van der Waals surface area (Å²) in [6.45, 7) is 8.45. The molecule has 124 valence electrons. The summed E-state index contributed by atoms with van der Waals surface area (Å²) in [6, 6.07) is 14.3. The number of para-hydroxylation sites is 2. The first-order valence-electron chi connectivity index (χ1n) is 8.36. The molecule has 23 heavy (non-hydrogen) atoms. The lowest BCUT2D eigenvalue weighted by molar-refractivity contribution is 0.309. The second-order valence-electron chi connectivity index (χ2n) is 5.74. The van der Waals surface area contributed by atoms with Crippen molar-refractivity contribution >= 4 is 5.69 Å². The maximum absolute atomic E-state index is 5.85. The van der Waals surface area contributed by atoms with Crippen LogP contribution < -0.4 is 14.8 Å². The molecular formula is C20H27NO2. The Bertz CT molecular complexity index is 610. The van der Waals surface area contributed by atoms with E-state index in [0.717, 1.165) is 43.2 Å². The number of benzene rings is 2. The molecule has 0 heterocycles. The van der Waals surface area contributed by atoms with Gasteiger partial charge in [-0.1, -0.05) is 43.2 Å². The van der Waals surface area contributed by atoms with Crippen LogP contribution >= 0.6 is 0 Å². The van der Waals surface area contributed by atoms with Gasteiger partial charge in [0.05, 0.1) is 12.3 Å². The van der Waals surface area contributed by atoms with Crippen molar-refractivity contribution in [1.29, 1.82) is 0 Å². The highest BCUT2D eigenvalue weighted by molar-refractivity contribution is 5.56. The van der Waals surface area contributed by atoms with E-state index < -0.39 is 0 Å². The first-order chi connectivity index (χ1) is 11.2. The molecule has 0 fully saturated rings. The molecule has 3 heteroatoms. The van der Waals surface area contributed by atoms with Gasteiger partial charge in [-0.2, -0.15) is 0 Å². The van der Waals surface area contributed by atoms with Crippen LogP contribution in [0.1, 0.15) is 30.9 Å². The normalized spacial score (nSPS) is 10.4. The first kappa shape index (κ1) is 17.2. The number of rotatable bonds is 9. The van der Waals surface area contributed by atoms with Gasteiger partial charge in [0.15, 0.2) is 0 Å². The molecule has 2 aromatic carbocycles. The zero-order valence-electron chi connectivity index (χ0n) is 14.4. The lowest BCUT2D eigenvalue weighted by Gasteiger charge is -2.14. The molecule has 2 rings (SSSR count). The molecule has 0 radical (unpaired) electrons. The van der Waals surface area contributed by atoms with Gasteiger partial charge in [-0.3, -0.25) is 0 Å². The van der Waals surface area contributed by atoms with Crippen molar-refractivity contribution in [3.8, 4) is 11.5 Å². The van der Waals surface area contributed by atoms with Gasteiger partial charge in [0.2, 0.25) is 0 Å². The minimum Gasteiger partial charge on any atom is -0.491 e. The predicted octanol–water partition coefficient (Wildman–Crippen LogP) is 4.97. The average Bonchev–Trinajstić information content (AvgIpc) is 2.54. The summed E-state index contributed by atoms with van der Waals surface area (Å²) in [5, 5.41) is 3.39. The quantitative estimate of drug-likeness (QED) is 0.663. The van der Waals surface area contributed by atoms with E-state index >= 15 is 0 Å². The molecular weight excluding hydrogens is 286 g/mol. The van der Waals surface area contributed by atoms with E-state index in [1.807, 2.05) is 30.3 Å². The number of nitrogens with one attached hydrogen (secondary N) is 1. The Morgan fingerprint density at radius 3 is 2.48 bits per heavy atom. The minimum absolute atomic E-state index is 0.618. The molecule has 0 bridgehead atoms. The van der Waals surface area contributed by atoms with Crippen molar-refractivity contribution < 1.29 is 9.47 Å². The number of ether oxygens (including phenoxy) is 2. The molecule has 0 saturated carbocycles. The Morgan fingerprint density at radius 2 is 1.70 bits per heavy atom. The summed E-state index contributed by atoms with van der Waals surface area (Å²) in [6.07, 6.45) is 2.21. The third-order valence-electron chi connectivity index (χ3n) is 3.65. The smallest absolute Gasteiger partial charge is 0.142 e. The second-order valence-corrected chi connectivity index (χ2v) is 5.74. The molecule has 0 aliphatic carbocycles. The van der Waals surface area contributed by atoms with E-state index in [9.17, 15) is 0 Å². The van der Waals surface area contributed by atoms with Crippen LogP contribution in [0.25, 0.3) is 0 Å². The molecule has 0 aliphatic rings. The fourth-order valence-corrected chi connectivity index (χ4v) is 2.37. The third kappa shape index (κ3) is 5.51. The maximum Gasteiger partial charge on any atom is 0.142 e. The molecule has 0 unspecified atom stereocenters. The Kier molecular flexibility index (Phi) is 6.79. The Hall–Kier alpha value is -2.16. The highest BCUT2D eigenvalue weighted by Crippen LogP contribution is 2.24. The van der Waals surface area contributed by atoms with Gasteiger partial charge < -0.3 is 14.8 Å². The predicted molar refractivity (Wildman–Crippen MR) is 96.7 cm³/mol. The van der Waals surface area contributed by atoms with Crippen molar-refractivity contribution in [3.05, 3.63) is 53.6 Å². The van der Waals surface area contributed by atoms with Gasteiger partial charge in [0.25, 0.3) is 0 Å². The summed E-state index contributed by atoms with van der Waals surface area (Å²) >= 11 is 0. The molecule has 0 saturated heterocycles. The zero-order valence-corrected chi connectivity index (χ0v) is 14.4. The Balaban J connectivity index is 1.82. The maximum atomic E-state index is 5.85. The van der Waals surface area contributed by atoms with Crippen LogP contribution in [0, 0.1) is 13.8 Å². The van der Waals surface area contributed by atoms with Gasteiger partial charge in [-0.25, -0.2) is 0 Å². The molecule has 0 amide bonds. The summed E-state index contributed by atoms with van der Waals surface area (Å²) in [7, 11) is 0. The number of aryl methyl sites for hydroxylation is 2. The highest BCUT2D eigenvalue weighted by atomic mass is 16.5.